The number of amides is 1. The molecule has 0 bridgehead atoms. The predicted molar refractivity (Wildman–Crippen MR) is 149 cm³/mol. The van der Waals surface area contributed by atoms with Crippen LogP contribution in [0.4, 0.5) is 18.9 Å². The molecule has 0 saturated carbocycles. The van der Waals surface area contributed by atoms with Gasteiger partial charge in [0.25, 0.3) is 5.91 Å². The molecule has 0 N–H and O–H groups in total. The summed E-state index contributed by atoms with van der Waals surface area (Å²) in [5.41, 5.74) is 0.128. The molecular weight excluding hydrogens is 638 g/mol. The predicted octanol–water partition coefficient (Wildman–Crippen LogP) is 7.33. The van der Waals surface area contributed by atoms with Crippen molar-refractivity contribution in [2.24, 2.45) is 0 Å². The summed E-state index contributed by atoms with van der Waals surface area (Å²) in [6.07, 6.45) is -2.99. The summed E-state index contributed by atoms with van der Waals surface area (Å²) < 4.78 is 51.5. The van der Waals surface area contributed by atoms with Crippen LogP contribution in [0, 0.1) is 3.57 Å². The largest absolute Gasteiger partial charge is 0.490 e. The standard InChI is InChI=1S/C26H17F3INO4S2/c1-2-34-21-12-15(10-11-20(21)35-24(33)18-8-3-4-9-19(18)30)13-22-23(32)31(25(36)37-22)17-7-5-6-16(14-17)26(27,28)29/h3-14H,2H2,1H3/b22-13-. The molecule has 37 heavy (non-hydrogen) atoms. The Morgan fingerprint density at radius 2 is 1.84 bits per heavy atom. The SMILES string of the molecule is CCOc1cc(/C=C2\SC(=S)N(c3cccc(C(F)(F)F)c3)C2=O)ccc1OC(=O)c1ccccc1I. The first kappa shape index (κ1) is 27.1. The maximum Gasteiger partial charge on any atom is 0.416 e. The number of carbonyl (C=O) groups excluding carboxylic acids is 2. The second kappa shape index (κ2) is 11.2. The molecule has 0 spiro atoms. The van der Waals surface area contributed by atoms with E-state index < -0.39 is 23.6 Å². The zero-order valence-corrected chi connectivity index (χ0v) is 22.8. The molecule has 11 heteroatoms. The lowest BCUT2D eigenvalue weighted by atomic mass is 10.1. The Hall–Kier alpha value is -2.90. The van der Waals surface area contributed by atoms with Crippen LogP contribution >= 0.6 is 46.6 Å². The van der Waals surface area contributed by atoms with Crippen LogP contribution in [0.2, 0.25) is 0 Å². The summed E-state index contributed by atoms with van der Waals surface area (Å²) in [5.74, 6) is -0.578. The van der Waals surface area contributed by atoms with Gasteiger partial charge in [-0.2, -0.15) is 13.2 Å². The molecule has 1 heterocycles. The van der Waals surface area contributed by atoms with Crippen molar-refractivity contribution in [2.45, 2.75) is 13.1 Å². The minimum Gasteiger partial charge on any atom is -0.490 e. The first-order valence-corrected chi connectivity index (χ1v) is 13.1. The van der Waals surface area contributed by atoms with Crippen molar-refractivity contribution < 1.29 is 32.2 Å². The smallest absolute Gasteiger partial charge is 0.416 e. The molecule has 190 valence electrons. The van der Waals surface area contributed by atoms with Gasteiger partial charge in [0, 0.05) is 3.57 Å². The number of alkyl halides is 3. The lowest BCUT2D eigenvalue weighted by Gasteiger charge is -2.16. The second-order valence-corrected chi connectivity index (χ2v) is 10.4. The summed E-state index contributed by atoms with van der Waals surface area (Å²) in [4.78, 5) is 27.0. The van der Waals surface area contributed by atoms with Crippen molar-refractivity contribution in [3.8, 4) is 11.5 Å². The van der Waals surface area contributed by atoms with E-state index in [1.165, 1.54) is 12.1 Å². The Labute approximate surface area is 233 Å². The molecule has 5 nitrogen and oxygen atoms in total. The van der Waals surface area contributed by atoms with Gasteiger partial charge in [0.2, 0.25) is 0 Å². The Balaban J connectivity index is 1.60. The third-order valence-electron chi connectivity index (χ3n) is 5.09. The van der Waals surface area contributed by atoms with Crippen molar-refractivity contribution in [1.82, 2.24) is 0 Å². The highest BCUT2D eigenvalue weighted by atomic mass is 127. The zero-order valence-electron chi connectivity index (χ0n) is 19.0. The van der Waals surface area contributed by atoms with E-state index >= 15 is 0 Å². The van der Waals surface area contributed by atoms with E-state index in [-0.39, 0.29) is 20.7 Å². The summed E-state index contributed by atoms with van der Waals surface area (Å²) in [7, 11) is 0. The minimum absolute atomic E-state index is 0.0357. The first-order chi connectivity index (χ1) is 17.6. The summed E-state index contributed by atoms with van der Waals surface area (Å²) in [6.45, 7) is 2.08. The number of thioether (sulfide) groups is 1. The maximum absolute atomic E-state index is 13.1. The monoisotopic (exact) mass is 655 g/mol. The fourth-order valence-electron chi connectivity index (χ4n) is 3.41. The summed E-state index contributed by atoms with van der Waals surface area (Å²) >= 11 is 8.31. The molecule has 4 rings (SSSR count). The van der Waals surface area contributed by atoms with E-state index in [2.05, 4.69) is 0 Å². The fraction of sp³-hybridized carbons (Fsp3) is 0.115. The van der Waals surface area contributed by atoms with Gasteiger partial charge < -0.3 is 9.47 Å². The number of benzene rings is 3. The number of hydrogen-bond acceptors (Lipinski definition) is 6. The van der Waals surface area contributed by atoms with E-state index in [4.69, 9.17) is 21.7 Å². The first-order valence-electron chi connectivity index (χ1n) is 10.8. The topological polar surface area (TPSA) is 55.8 Å². The van der Waals surface area contributed by atoms with Gasteiger partial charge in [0.15, 0.2) is 15.8 Å². The number of halogens is 4. The quantitative estimate of drug-likeness (QED) is 0.0912. The molecule has 0 atom stereocenters. The highest BCUT2D eigenvalue weighted by molar-refractivity contribution is 14.1. The molecule has 0 aromatic heterocycles. The van der Waals surface area contributed by atoms with Gasteiger partial charge >= 0.3 is 12.1 Å². The van der Waals surface area contributed by atoms with Crippen LogP contribution in [0.25, 0.3) is 6.08 Å². The number of anilines is 1. The van der Waals surface area contributed by atoms with Crippen LogP contribution in [0.5, 0.6) is 11.5 Å². The third-order valence-corrected chi connectivity index (χ3v) is 7.33. The number of hydrogen-bond donors (Lipinski definition) is 0. The van der Waals surface area contributed by atoms with Gasteiger partial charge in [-0.15, -0.1) is 0 Å². The average Bonchev–Trinajstić information content (AvgIpc) is 3.13. The number of rotatable bonds is 6. The molecule has 1 amide bonds. The summed E-state index contributed by atoms with van der Waals surface area (Å²) in [5, 5.41) is 0. The molecule has 3 aromatic carbocycles. The molecule has 1 aliphatic rings. The number of carbonyl (C=O) groups is 2. The van der Waals surface area contributed by atoms with Crippen LogP contribution in [0.1, 0.15) is 28.4 Å². The highest BCUT2D eigenvalue weighted by Gasteiger charge is 2.36. The molecule has 0 radical (unpaired) electrons. The van der Waals surface area contributed by atoms with Crippen LogP contribution in [-0.2, 0) is 11.0 Å². The average molecular weight is 655 g/mol. The van der Waals surface area contributed by atoms with Crippen molar-refractivity contribution in [1.29, 1.82) is 0 Å². The lowest BCUT2D eigenvalue weighted by Crippen LogP contribution is -2.27. The van der Waals surface area contributed by atoms with Crippen molar-refractivity contribution in [3.05, 3.63) is 91.9 Å². The highest BCUT2D eigenvalue weighted by Crippen LogP contribution is 2.39. The maximum atomic E-state index is 13.1. The van der Waals surface area contributed by atoms with Gasteiger partial charge in [-0.3, -0.25) is 9.69 Å². The van der Waals surface area contributed by atoms with Crippen LogP contribution < -0.4 is 14.4 Å². The van der Waals surface area contributed by atoms with Gasteiger partial charge in [-0.05, 0) is 83.6 Å². The van der Waals surface area contributed by atoms with Crippen LogP contribution in [0.3, 0.4) is 0 Å². The van der Waals surface area contributed by atoms with E-state index in [9.17, 15) is 22.8 Å². The van der Waals surface area contributed by atoms with Crippen molar-refractivity contribution >= 4 is 74.5 Å². The molecule has 1 aliphatic heterocycles. The van der Waals surface area contributed by atoms with Gasteiger partial charge in [0.1, 0.15) is 0 Å². The molecule has 0 unspecified atom stereocenters. The van der Waals surface area contributed by atoms with Crippen LogP contribution in [0.15, 0.2) is 71.6 Å². The van der Waals surface area contributed by atoms with Crippen molar-refractivity contribution in [2.75, 3.05) is 11.5 Å². The summed E-state index contributed by atoms with van der Waals surface area (Å²) in [6, 6.07) is 16.2. The Kier molecular flexibility index (Phi) is 8.24. The second-order valence-electron chi connectivity index (χ2n) is 7.57. The molecule has 1 saturated heterocycles. The van der Waals surface area contributed by atoms with Gasteiger partial charge in [-0.25, -0.2) is 4.79 Å². The van der Waals surface area contributed by atoms with Crippen molar-refractivity contribution in [3.63, 3.8) is 0 Å². The number of nitrogens with zero attached hydrogens (tertiary/aromatic N) is 1. The Morgan fingerprint density at radius 3 is 2.54 bits per heavy atom. The zero-order chi connectivity index (χ0) is 26.7. The number of ether oxygens (including phenoxy) is 2. The van der Waals surface area contributed by atoms with Crippen LogP contribution in [-0.4, -0.2) is 22.8 Å². The molecule has 3 aromatic rings. The third kappa shape index (κ3) is 6.16. The van der Waals surface area contributed by atoms with E-state index in [0.29, 0.717) is 23.5 Å². The van der Waals surface area contributed by atoms with E-state index in [1.54, 1.807) is 49.4 Å². The number of thiocarbonyl (C=S) groups is 1. The molecular formula is C26H17F3INO4S2. The molecule has 1 fully saturated rings. The van der Waals surface area contributed by atoms with E-state index in [0.717, 1.165) is 32.4 Å². The normalized spacial score (nSPS) is 14.8. The lowest BCUT2D eigenvalue weighted by molar-refractivity contribution is -0.137. The Morgan fingerprint density at radius 1 is 1.08 bits per heavy atom. The fourth-order valence-corrected chi connectivity index (χ4v) is 5.32. The molecule has 0 aliphatic carbocycles. The number of esters is 1. The van der Waals surface area contributed by atoms with Gasteiger partial charge in [-0.1, -0.05) is 48.2 Å². The van der Waals surface area contributed by atoms with E-state index in [1.807, 2.05) is 28.7 Å². The minimum atomic E-state index is -4.55. The van der Waals surface area contributed by atoms with Gasteiger partial charge in [0.05, 0.1) is 28.3 Å². The Bertz CT molecular complexity index is 1420.